The highest BCUT2D eigenvalue weighted by molar-refractivity contribution is 7.66. The van der Waals surface area contributed by atoms with Crippen LogP contribution in [0.2, 0.25) is 0 Å². The van der Waals surface area contributed by atoms with E-state index in [1.165, 1.54) is 6.92 Å². The van der Waals surface area contributed by atoms with Gasteiger partial charge < -0.3 is 29.4 Å². The maximum Gasteiger partial charge on any atom is 0.490 e. The third-order valence-corrected chi connectivity index (χ3v) is 7.31. The van der Waals surface area contributed by atoms with Crippen molar-refractivity contribution in [3.63, 3.8) is 0 Å². The monoisotopic (exact) mass is 516 g/mol. The number of aromatic amines is 1. The maximum atomic E-state index is 13.8. The van der Waals surface area contributed by atoms with Crippen LogP contribution in [0, 0.1) is 0 Å². The van der Waals surface area contributed by atoms with Gasteiger partial charge in [0.25, 0.3) is 5.56 Å². The summed E-state index contributed by atoms with van der Waals surface area (Å²) in [6, 6.07) is 0.937. The van der Waals surface area contributed by atoms with Gasteiger partial charge in [0.15, 0.2) is 0 Å². The number of nitrogens with one attached hydrogen (secondary N) is 1. The van der Waals surface area contributed by atoms with Crippen molar-refractivity contribution in [2.75, 3.05) is 13.3 Å². The fourth-order valence-corrected chi connectivity index (χ4v) is 5.12. The molecule has 31 heavy (non-hydrogen) atoms. The Labute approximate surface area is 172 Å². The van der Waals surface area contributed by atoms with Crippen LogP contribution in [0.1, 0.15) is 20.1 Å². The lowest BCUT2D eigenvalue weighted by Gasteiger charge is -2.36. The molecule has 0 aliphatic rings. The smallest absolute Gasteiger partial charge is 0.390 e. The summed E-state index contributed by atoms with van der Waals surface area (Å²) < 4.78 is 65.0. The first-order valence-corrected chi connectivity index (χ1v) is 12.5. The van der Waals surface area contributed by atoms with Gasteiger partial charge in [-0.05, 0) is 13.8 Å². The number of nitrogens with zero attached hydrogens (tertiary/aromatic N) is 1. The predicted octanol–water partition coefficient (Wildman–Crippen LogP) is -0.496. The van der Waals surface area contributed by atoms with Crippen LogP contribution in [0.15, 0.2) is 21.9 Å². The molecule has 6 N–H and O–H groups in total. The van der Waals surface area contributed by atoms with Crippen molar-refractivity contribution in [1.29, 1.82) is 0 Å². The standard InChI is InChI=1S/C11H20FN2O14P3/c1-7(15)11(5-12,26-8(2)14-4-3-9(16)13-10(14)17)6-25-30(21,22)28-31(23,24)27-29(18,19)20/h3-4,7-8,15H,5-6H2,1-2H3,(H,21,22)(H,23,24)(H,13,16,17)(H2,18,19,20)/t7-,8+,11?/m0/s1. The van der Waals surface area contributed by atoms with Crippen LogP contribution in [0.25, 0.3) is 0 Å². The van der Waals surface area contributed by atoms with Crippen LogP contribution in [0.4, 0.5) is 4.39 Å². The molecule has 0 spiro atoms. The Hall–Kier alpha value is -1.06. The SMILES string of the molecule is C[C@H](O)C(CF)(COP(=O)(O)OP(=O)(O)OP(=O)(O)O)O[C@H](C)n1ccc(=O)[nH]c1=O. The quantitative estimate of drug-likeness (QED) is 0.192. The molecule has 20 heteroatoms. The maximum absolute atomic E-state index is 13.8. The molecule has 0 amide bonds. The molecule has 1 aromatic heterocycles. The fraction of sp³-hybridized carbons (Fsp3) is 0.636. The summed E-state index contributed by atoms with van der Waals surface area (Å²) in [4.78, 5) is 60.4. The van der Waals surface area contributed by atoms with Crippen molar-refractivity contribution in [1.82, 2.24) is 9.55 Å². The van der Waals surface area contributed by atoms with Gasteiger partial charge in [0.1, 0.15) is 18.5 Å². The van der Waals surface area contributed by atoms with Gasteiger partial charge in [-0.2, -0.15) is 8.62 Å². The summed E-state index contributed by atoms with van der Waals surface area (Å²) >= 11 is 0. The van der Waals surface area contributed by atoms with Gasteiger partial charge in [-0.1, -0.05) is 0 Å². The number of aliphatic hydroxyl groups is 1. The molecule has 1 heterocycles. The Morgan fingerprint density at radius 2 is 1.71 bits per heavy atom. The summed E-state index contributed by atoms with van der Waals surface area (Å²) in [6.45, 7) is -0.712. The molecule has 0 fully saturated rings. The van der Waals surface area contributed by atoms with Gasteiger partial charge in [0.05, 0.1) is 12.7 Å². The van der Waals surface area contributed by atoms with Crippen molar-refractivity contribution >= 4 is 23.5 Å². The number of H-pyrrole nitrogens is 1. The fourth-order valence-electron chi connectivity index (χ4n) is 2.04. The summed E-state index contributed by atoms with van der Waals surface area (Å²) in [5.41, 5.74) is -4.15. The Bertz CT molecular complexity index is 1020. The second-order valence-electron chi connectivity index (χ2n) is 5.97. The molecule has 0 aromatic carbocycles. The van der Waals surface area contributed by atoms with E-state index in [0.717, 1.165) is 23.8 Å². The molecule has 5 atom stereocenters. The molecule has 1 rings (SSSR count). The van der Waals surface area contributed by atoms with Crippen molar-refractivity contribution in [3.8, 4) is 0 Å². The summed E-state index contributed by atoms with van der Waals surface area (Å²) in [6.07, 6.45) is -2.16. The highest BCUT2D eigenvalue weighted by Gasteiger charge is 2.45. The summed E-state index contributed by atoms with van der Waals surface area (Å²) in [5.74, 6) is 0. The van der Waals surface area contributed by atoms with Crippen molar-refractivity contribution in [2.24, 2.45) is 0 Å². The molecule has 0 radical (unpaired) electrons. The Morgan fingerprint density at radius 1 is 1.13 bits per heavy atom. The van der Waals surface area contributed by atoms with Crippen molar-refractivity contribution in [3.05, 3.63) is 33.1 Å². The number of aliphatic hydroxyl groups excluding tert-OH is 1. The number of halogens is 1. The molecule has 0 bridgehead atoms. The molecule has 16 nitrogen and oxygen atoms in total. The Morgan fingerprint density at radius 3 is 2.16 bits per heavy atom. The normalized spacial score (nSPS) is 20.3. The number of phosphoric ester groups is 1. The van der Waals surface area contributed by atoms with Gasteiger partial charge in [0.2, 0.25) is 0 Å². The largest absolute Gasteiger partial charge is 0.490 e. The molecule has 1 aromatic rings. The third kappa shape index (κ3) is 8.77. The minimum atomic E-state index is -5.81. The van der Waals surface area contributed by atoms with Gasteiger partial charge in [-0.3, -0.25) is 18.9 Å². The first kappa shape index (κ1) is 28.0. The Kier molecular flexibility index (Phi) is 9.25. The number of hydrogen-bond acceptors (Lipinski definition) is 10. The van der Waals surface area contributed by atoms with E-state index in [1.807, 2.05) is 4.98 Å². The van der Waals surface area contributed by atoms with Gasteiger partial charge in [0, 0.05) is 12.3 Å². The van der Waals surface area contributed by atoms with E-state index in [0.29, 0.717) is 0 Å². The summed E-state index contributed by atoms with van der Waals surface area (Å²) in [5, 5.41) is 9.92. The lowest BCUT2D eigenvalue weighted by molar-refractivity contribution is -0.193. The van der Waals surface area contributed by atoms with Crippen LogP contribution in [-0.4, -0.2) is 59.2 Å². The minimum absolute atomic E-state index is 0.742. The van der Waals surface area contributed by atoms with E-state index in [-0.39, 0.29) is 0 Å². The van der Waals surface area contributed by atoms with Crippen LogP contribution in [0.5, 0.6) is 0 Å². The molecule has 0 saturated carbocycles. The third-order valence-electron chi connectivity index (χ3n) is 3.52. The molecular formula is C11H20FN2O14P3. The molecule has 0 saturated heterocycles. The predicted molar refractivity (Wildman–Crippen MR) is 97.3 cm³/mol. The number of ether oxygens (including phenoxy) is 1. The topological polar surface area (TPSA) is 244 Å². The molecule has 3 unspecified atom stereocenters. The van der Waals surface area contributed by atoms with Gasteiger partial charge >= 0.3 is 29.2 Å². The zero-order chi connectivity index (χ0) is 24.3. The highest BCUT2D eigenvalue weighted by Crippen LogP contribution is 2.66. The molecule has 180 valence electrons. The number of rotatable bonds is 12. The van der Waals surface area contributed by atoms with Crippen LogP contribution < -0.4 is 11.2 Å². The van der Waals surface area contributed by atoms with E-state index in [4.69, 9.17) is 19.4 Å². The highest BCUT2D eigenvalue weighted by atomic mass is 31.3. The molecular weight excluding hydrogens is 496 g/mol. The van der Waals surface area contributed by atoms with Gasteiger partial charge in [-0.15, -0.1) is 0 Å². The van der Waals surface area contributed by atoms with E-state index >= 15 is 0 Å². The second-order valence-corrected chi connectivity index (χ2v) is 10.4. The lowest BCUT2D eigenvalue weighted by atomic mass is 10.0. The van der Waals surface area contributed by atoms with E-state index < -0.39 is 65.9 Å². The van der Waals surface area contributed by atoms with Crippen LogP contribution >= 0.6 is 23.5 Å². The van der Waals surface area contributed by atoms with Crippen molar-refractivity contribution in [2.45, 2.75) is 31.8 Å². The zero-order valence-corrected chi connectivity index (χ0v) is 18.5. The number of hydrogen-bond donors (Lipinski definition) is 6. The Balaban J connectivity index is 3.05. The van der Waals surface area contributed by atoms with Crippen LogP contribution in [-0.2, 0) is 31.6 Å². The number of alkyl halides is 1. The van der Waals surface area contributed by atoms with Gasteiger partial charge in [-0.25, -0.2) is 22.9 Å². The van der Waals surface area contributed by atoms with E-state index in [1.54, 1.807) is 0 Å². The zero-order valence-electron chi connectivity index (χ0n) is 15.8. The van der Waals surface area contributed by atoms with Crippen LogP contribution in [0.3, 0.4) is 0 Å². The number of aromatic nitrogens is 2. The minimum Gasteiger partial charge on any atom is -0.390 e. The average molecular weight is 516 g/mol. The second kappa shape index (κ2) is 10.3. The lowest BCUT2D eigenvalue weighted by Crippen LogP contribution is -2.51. The first-order chi connectivity index (χ1) is 13.9. The first-order valence-electron chi connectivity index (χ1n) is 7.94. The molecule has 0 aliphatic heterocycles. The van der Waals surface area contributed by atoms with E-state index in [2.05, 4.69) is 13.1 Å². The van der Waals surface area contributed by atoms with E-state index in [9.17, 15) is 37.7 Å². The summed E-state index contributed by atoms with van der Waals surface area (Å²) in [7, 11) is -17.1. The molecule has 0 aliphatic carbocycles. The van der Waals surface area contributed by atoms with Crippen molar-refractivity contribution < 1.29 is 60.6 Å². The number of phosphoric acid groups is 3. The average Bonchev–Trinajstić information content (AvgIpc) is 2.54.